The Bertz CT molecular complexity index is 1110. The fourth-order valence-electron chi connectivity index (χ4n) is 3.39. The molecule has 0 unspecified atom stereocenters. The van der Waals surface area contributed by atoms with Crippen molar-refractivity contribution in [3.8, 4) is 0 Å². The summed E-state index contributed by atoms with van der Waals surface area (Å²) in [5.41, 5.74) is 1.80. The Kier molecular flexibility index (Phi) is 3.33. The molecule has 1 aliphatic rings. The molecule has 25 heavy (non-hydrogen) atoms. The molecule has 0 aliphatic carbocycles. The summed E-state index contributed by atoms with van der Waals surface area (Å²) in [5.74, 6) is 0.559. The van der Waals surface area contributed by atoms with Gasteiger partial charge in [0, 0.05) is 19.8 Å². The number of aliphatic hydroxyl groups is 1. The van der Waals surface area contributed by atoms with Crippen molar-refractivity contribution in [2.45, 2.75) is 19.6 Å². The van der Waals surface area contributed by atoms with Crippen LogP contribution >= 0.6 is 0 Å². The van der Waals surface area contributed by atoms with Gasteiger partial charge in [0.1, 0.15) is 0 Å². The first-order valence-corrected chi connectivity index (χ1v) is 8.07. The van der Waals surface area contributed by atoms with Crippen molar-refractivity contribution in [1.82, 2.24) is 18.7 Å². The molecule has 0 radical (unpaired) electrons. The molecular weight excluding hydrogens is 322 g/mol. The first kappa shape index (κ1) is 15.6. The highest BCUT2D eigenvalue weighted by atomic mass is 16.3. The van der Waals surface area contributed by atoms with E-state index < -0.39 is 17.4 Å². The van der Waals surface area contributed by atoms with Gasteiger partial charge >= 0.3 is 5.69 Å². The molecule has 3 aromatic rings. The average Bonchev–Trinajstić information content (AvgIpc) is 2.96. The van der Waals surface area contributed by atoms with Gasteiger partial charge in [0.25, 0.3) is 5.56 Å². The number of hydrogen-bond donors (Lipinski definition) is 1. The topological polar surface area (TPSA) is 85.3 Å². The number of fused-ring (bicyclic) bond motifs is 3. The zero-order valence-electron chi connectivity index (χ0n) is 14.3. The van der Waals surface area contributed by atoms with E-state index in [-0.39, 0.29) is 6.54 Å². The third-order valence-electron chi connectivity index (χ3n) is 4.67. The molecule has 8 heteroatoms. The van der Waals surface area contributed by atoms with E-state index in [1.54, 1.807) is 11.6 Å². The molecule has 0 spiro atoms. The lowest BCUT2D eigenvalue weighted by Crippen LogP contribution is -2.40. The van der Waals surface area contributed by atoms with Crippen LogP contribution in [0.5, 0.6) is 0 Å². The summed E-state index contributed by atoms with van der Waals surface area (Å²) >= 11 is 0. The van der Waals surface area contributed by atoms with E-state index in [2.05, 4.69) is 4.98 Å². The van der Waals surface area contributed by atoms with Crippen LogP contribution in [-0.4, -0.2) is 36.4 Å². The Morgan fingerprint density at radius 3 is 2.64 bits per heavy atom. The molecule has 0 saturated carbocycles. The van der Waals surface area contributed by atoms with Crippen LogP contribution in [-0.2, 0) is 20.6 Å². The van der Waals surface area contributed by atoms with Crippen molar-refractivity contribution < 1.29 is 5.11 Å². The average molecular weight is 341 g/mol. The lowest BCUT2D eigenvalue weighted by Gasteiger charge is -2.32. The summed E-state index contributed by atoms with van der Waals surface area (Å²) in [6, 6.07) is 7.87. The molecule has 1 atom stereocenters. The quantitative estimate of drug-likeness (QED) is 0.686. The molecule has 1 aromatic carbocycles. The molecule has 2 aromatic heterocycles. The van der Waals surface area contributed by atoms with Crippen molar-refractivity contribution in [3.63, 3.8) is 0 Å². The largest absolute Gasteiger partial charge is 0.389 e. The summed E-state index contributed by atoms with van der Waals surface area (Å²) in [4.78, 5) is 31.3. The van der Waals surface area contributed by atoms with E-state index in [9.17, 15) is 14.7 Å². The Morgan fingerprint density at radius 2 is 1.92 bits per heavy atom. The van der Waals surface area contributed by atoms with Crippen molar-refractivity contribution in [1.29, 1.82) is 0 Å². The van der Waals surface area contributed by atoms with Gasteiger partial charge in [-0.15, -0.1) is 0 Å². The van der Waals surface area contributed by atoms with Gasteiger partial charge < -0.3 is 14.6 Å². The second-order valence-electron chi connectivity index (χ2n) is 6.50. The van der Waals surface area contributed by atoms with Crippen LogP contribution in [0, 0.1) is 6.92 Å². The molecule has 0 bridgehead atoms. The van der Waals surface area contributed by atoms with Crippen molar-refractivity contribution in [3.05, 3.63) is 50.7 Å². The maximum absolute atomic E-state index is 12.6. The minimum Gasteiger partial charge on any atom is -0.389 e. The van der Waals surface area contributed by atoms with Gasteiger partial charge in [-0.1, -0.05) is 12.1 Å². The molecule has 3 heterocycles. The molecule has 1 aliphatic heterocycles. The second kappa shape index (κ2) is 5.32. The molecule has 0 amide bonds. The van der Waals surface area contributed by atoms with Gasteiger partial charge in [-0.3, -0.25) is 13.9 Å². The van der Waals surface area contributed by atoms with E-state index in [0.29, 0.717) is 23.7 Å². The number of rotatable bonds is 1. The highest BCUT2D eigenvalue weighted by molar-refractivity contribution is 5.77. The zero-order chi connectivity index (χ0) is 17.9. The first-order valence-electron chi connectivity index (χ1n) is 8.07. The number of aromatic nitrogens is 4. The third kappa shape index (κ3) is 2.21. The molecular formula is C17H19N5O3. The number of nitrogens with zero attached hydrogens (tertiary/aromatic N) is 5. The molecule has 130 valence electrons. The van der Waals surface area contributed by atoms with Crippen LogP contribution in [0.1, 0.15) is 5.56 Å². The minimum atomic E-state index is -0.646. The van der Waals surface area contributed by atoms with Crippen LogP contribution in [0.15, 0.2) is 33.9 Å². The fraction of sp³-hybridized carbons (Fsp3) is 0.353. The van der Waals surface area contributed by atoms with E-state index in [1.165, 1.54) is 11.6 Å². The van der Waals surface area contributed by atoms with Gasteiger partial charge in [0.05, 0.1) is 19.2 Å². The molecule has 8 nitrogen and oxygen atoms in total. The van der Waals surface area contributed by atoms with Gasteiger partial charge in [0.15, 0.2) is 11.2 Å². The highest BCUT2D eigenvalue weighted by Crippen LogP contribution is 2.31. The lowest BCUT2D eigenvalue weighted by atomic mass is 10.2. The van der Waals surface area contributed by atoms with Gasteiger partial charge in [-0.2, -0.15) is 4.98 Å². The predicted octanol–water partition coefficient (Wildman–Crippen LogP) is 0.255. The monoisotopic (exact) mass is 341 g/mol. The van der Waals surface area contributed by atoms with Gasteiger partial charge in [-0.25, -0.2) is 4.79 Å². The number of anilines is 2. The van der Waals surface area contributed by atoms with E-state index in [4.69, 9.17) is 0 Å². The first-order chi connectivity index (χ1) is 11.9. The Labute approximate surface area is 143 Å². The summed E-state index contributed by atoms with van der Waals surface area (Å²) in [5, 5.41) is 10.4. The normalized spacial score (nSPS) is 17.1. The fourth-order valence-corrected chi connectivity index (χ4v) is 3.39. The number of hydrogen-bond acceptors (Lipinski definition) is 5. The predicted molar refractivity (Wildman–Crippen MR) is 94.4 cm³/mol. The van der Waals surface area contributed by atoms with Crippen molar-refractivity contribution >= 4 is 22.8 Å². The van der Waals surface area contributed by atoms with Crippen LogP contribution in [0.2, 0.25) is 0 Å². The third-order valence-corrected chi connectivity index (χ3v) is 4.67. The zero-order valence-corrected chi connectivity index (χ0v) is 14.3. The summed E-state index contributed by atoms with van der Waals surface area (Å²) in [6.07, 6.45) is -0.646. The van der Waals surface area contributed by atoms with Crippen LogP contribution in [0.4, 0.5) is 11.6 Å². The van der Waals surface area contributed by atoms with Gasteiger partial charge in [0.2, 0.25) is 5.95 Å². The molecule has 0 saturated heterocycles. The number of aliphatic hydroxyl groups excluding tert-OH is 1. The Balaban J connectivity index is 2.05. The smallest absolute Gasteiger partial charge is 0.332 e. The summed E-state index contributed by atoms with van der Waals surface area (Å²) < 4.78 is 4.13. The van der Waals surface area contributed by atoms with Gasteiger partial charge in [-0.05, 0) is 24.6 Å². The number of aryl methyl sites for hydroxylation is 2. The Hall–Kier alpha value is -2.87. The number of benzene rings is 1. The minimum absolute atomic E-state index is 0.265. The maximum atomic E-state index is 12.6. The molecule has 0 fully saturated rings. The van der Waals surface area contributed by atoms with Crippen LogP contribution in [0.3, 0.4) is 0 Å². The van der Waals surface area contributed by atoms with Crippen LogP contribution in [0.25, 0.3) is 11.2 Å². The number of imidazole rings is 1. The highest BCUT2D eigenvalue weighted by Gasteiger charge is 2.30. The molecule has 1 N–H and O–H groups in total. The Morgan fingerprint density at radius 1 is 1.16 bits per heavy atom. The van der Waals surface area contributed by atoms with Crippen molar-refractivity contribution in [2.75, 3.05) is 11.4 Å². The van der Waals surface area contributed by atoms with E-state index >= 15 is 0 Å². The van der Waals surface area contributed by atoms with Crippen molar-refractivity contribution in [2.24, 2.45) is 14.1 Å². The summed E-state index contributed by atoms with van der Waals surface area (Å²) in [6.45, 7) is 2.63. The van der Waals surface area contributed by atoms with E-state index in [1.807, 2.05) is 36.1 Å². The van der Waals surface area contributed by atoms with E-state index in [0.717, 1.165) is 15.8 Å². The second-order valence-corrected chi connectivity index (χ2v) is 6.50. The standard InChI is InChI=1S/C17H19N5O3/c1-10-5-4-6-11(7-10)21-8-12(23)9-22-13-14(18-16(21)22)19(2)17(25)20(3)15(13)24/h4-7,12,23H,8-9H2,1-3H3/t12-/m0/s1. The summed E-state index contributed by atoms with van der Waals surface area (Å²) in [7, 11) is 3.04. The number of β-amino-alcohol motifs (C(OH)–C–C–N with tert-alkyl or cyclic N) is 1. The SMILES string of the molecule is Cc1cccc(N2C[C@H](O)Cn3c2nc2c3c(=O)n(C)c(=O)n2C)c1. The maximum Gasteiger partial charge on any atom is 0.332 e. The molecule has 4 rings (SSSR count). The van der Waals surface area contributed by atoms with Crippen LogP contribution < -0.4 is 16.1 Å². The lowest BCUT2D eigenvalue weighted by molar-refractivity contribution is 0.154.